The maximum atomic E-state index is 13.4. The Hall–Kier alpha value is -4.24. The van der Waals surface area contributed by atoms with Crippen LogP contribution in [0.2, 0.25) is 25.7 Å². The van der Waals surface area contributed by atoms with E-state index in [1.165, 1.54) is 11.6 Å². The first-order valence-corrected chi connectivity index (χ1v) is 21.0. The molecule has 14 heteroatoms. The highest BCUT2D eigenvalue weighted by Gasteiger charge is 2.30. The van der Waals surface area contributed by atoms with Crippen LogP contribution in [-0.2, 0) is 34.7 Å². The van der Waals surface area contributed by atoms with Crippen molar-refractivity contribution >= 4 is 36.0 Å². The molecule has 1 aliphatic heterocycles. The van der Waals surface area contributed by atoms with Gasteiger partial charge in [0.05, 0.1) is 36.0 Å². The number of ether oxygens (including phenoxy) is 3. The lowest BCUT2D eigenvalue weighted by Crippen LogP contribution is -2.43. The van der Waals surface area contributed by atoms with Gasteiger partial charge in [-0.25, -0.2) is 9.97 Å². The number of carbonyl (C=O) groups is 1. The van der Waals surface area contributed by atoms with Gasteiger partial charge < -0.3 is 24.5 Å². The molecule has 1 fully saturated rings. The van der Waals surface area contributed by atoms with Crippen molar-refractivity contribution in [3.05, 3.63) is 71.5 Å². The van der Waals surface area contributed by atoms with E-state index in [4.69, 9.17) is 35.0 Å². The van der Waals surface area contributed by atoms with Crippen LogP contribution in [0.4, 0.5) is 8.78 Å². The van der Waals surface area contributed by atoms with Gasteiger partial charge in [-0.1, -0.05) is 70.7 Å². The lowest BCUT2D eigenvalue weighted by molar-refractivity contribution is -0.0497. The van der Waals surface area contributed by atoms with Crippen molar-refractivity contribution in [2.75, 3.05) is 26.3 Å². The number of nitrogens with zero attached hydrogens (tertiary/aromatic N) is 6. The summed E-state index contributed by atoms with van der Waals surface area (Å²) in [5.41, 5.74) is 9.69. The minimum absolute atomic E-state index is 0.00737. The van der Waals surface area contributed by atoms with Gasteiger partial charge in [-0.3, -0.25) is 14.4 Å². The van der Waals surface area contributed by atoms with Gasteiger partial charge in [0.2, 0.25) is 0 Å². The van der Waals surface area contributed by atoms with Crippen LogP contribution in [0, 0.1) is 0 Å². The zero-order chi connectivity index (χ0) is 36.5. The molecule has 0 aliphatic carbocycles. The molecule has 0 spiro atoms. The average molecular weight is 720 g/mol. The minimum atomic E-state index is -3.00. The van der Waals surface area contributed by atoms with E-state index in [0.29, 0.717) is 65.5 Å². The average Bonchev–Trinajstić information content (AvgIpc) is 3.59. The van der Waals surface area contributed by atoms with E-state index in [2.05, 4.69) is 36.7 Å². The summed E-state index contributed by atoms with van der Waals surface area (Å²) in [6.45, 7) is 13.9. The number of primary amides is 1. The monoisotopic (exact) mass is 719 g/mol. The van der Waals surface area contributed by atoms with E-state index in [0.717, 1.165) is 19.1 Å². The van der Waals surface area contributed by atoms with Crippen LogP contribution in [0.15, 0.2) is 54.7 Å². The van der Waals surface area contributed by atoms with Crippen molar-refractivity contribution in [1.29, 1.82) is 0 Å². The molecule has 4 heterocycles. The van der Waals surface area contributed by atoms with E-state index in [-0.39, 0.29) is 24.1 Å². The number of fused-ring (bicyclic) bond motifs is 2. The van der Waals surface area contributed by atoms with E-state index in [1.807, 2.05) is 43.7 Å². The van der Waals surface area contributed by atoms with Gasteiger partial charge in [-0.05, 0) is 29.8 Å². The van der Waals surface area contributed by atoms with Crippen molar-refractivity contribution in [3.8, 4) is 17.1 Å². The third kappa shape index (κ3) is 8.63. The Morgan fingerprint density at radius 3 is 2.55 bits per heavy atom. The van der Waals surface area contributed by atoms with Crippen LogP contribution in [-0.4, -0.2) is 82.2 Å². The molecule has 0 saturated carbocycles. The first-order chi connectivity index (χ1) is 24.2. The van der Waals surface area contributed by atoms with Gasteiger partial charge in [0, 0.05) is 51.3 Å². The fraction of sp³-hybridized carbons (Fsp3) is 0.459. The summed E-state index contributed by atoms with van der Waals surface area (Å²) < 4.78 is 47.4. The Labute approximate surface area is 297 Å². The molecular weight excluding hydrogens is 673 g/mol. The number of aromatic nitrogens is 5. The molecule has 1 saturated heterocycles. The summed E-state index contributed by atoms with van der Waals surface area (Å²) in [6.07, 6.45) is 1.45. The van der Waals surface area contributed by atoms with Crippen LogP contribution >= 0.6 is 0 Å². The smallest absolute Gasteiger partial charge is 0.387 e. The van der Waals surface area contributed by atoms with E-state index in [9.17, 15) is 13.6 Å². The first-order valence-electron chi connectivity index (χ1n) is 17.3. The summed E-state index contributed by atoms with van der Waals surface area (Å²) in [6, 6.07) is 16.1. The number of nitrogens with two attached hydrogens (primary N) is 1. The molecule has 5 aromatic rings. The number of morpholine rings is 1. The summed E-state index contributed by atoms with van der Waals surface area (Å²) in [4.78, 5) is 25.2. The number of halogens is 2. The summed E-state index contributed by atoms with van der Waals surface area (Å²) in [7, 11) is -1.31. The molecule has 6 rings (SSSR count). The largest absolute Gasteiger partial charge is 0.435 e. The molecule has 1 unspecified atom stereocenters. The fourth-order valence-electron chi connectivity index (χ4n) is 6.31. The number of alkyl halides is 2. The second-order valence-electron chi connectivity index (χ2n) is 15.4. The Morgan fingerprint density at radius 2 is 1.86 bits per heavy atom. The molecular formula is C37H47F2N7O4Si. The molecule has 3 aromatic heterocycles. The number of carbonyl (C=O) groups excluding carboxylic acids is 1. The van der Waals surface area contributed by atoms with Crippen LogP contribution in [0.3, 0.4) is 0 Å². The lowest BCUT2D eigenvalue weighted by Gasteiger charge is -2.33. The second kappa shape index (κ2) is 14.8. The van der Waals surface area contributed by atoms with Crippen molar-refractivity contribution in [2.24, 2.45) is 5.73 Å². The number of benzene rings is 2. The number of hydrogen-bond acceptors (Lipinski definition) is 8. The van der Waals surface area contributed by atoms with Gasteiger partial charge in [-0.15, -0.1) is 0 Å². The molecule has 2 aromatic carbocycles. The molecule has 1 amide bonds. The molecule has 1 atom stereocenters. The van der Waals surface area contributed by atoms with Crippen LogP contribution < -0.4 is 10.5 Å². The van der Waals surface area contributed by atoms with Gasteiger partial charge in [0.15, 0.2) is 5.65 Å². The van der Waals surface area contributed by atoms with Crippen molar-refractivity contribution in [1.82, 2.24) is 29.2 Å². The zero-order valence-corrected chi connectivity index (χ0v) is 31.2. The highest BCUT2D eigenvalue weighted by molar-refractivity contribution is 6.76. The third-order valence-electron chi connectivity index (χ3n) is 8.91. The van der Waals surface area contributed by atoms with Gasteiger partial charge >= 0.3 is 6.61 Å². The predicted molar refractivity (Wildman–Crippen MR) is 196 cm³/mol. The Kier molecular flexibility index (Phi) is 10.6. The second-order valence-corrected chi connectivity index (χ2v) is 21.0. The standard InChI is InChI=1S/C37H47F2N7O4Si/c1-37(2,3)33-32(41-31-28(34(40)47)22-45(35(31)42-33)23-48-16-17-51(4,5)6)30-27-18-25(50-36(38)39)12-13-29(27)46(43-30)21-26-20-44(14-15-49-26)19-24-10-8-7-9-11-24/h7-13,18,22,26,36H,14-17,19-21,23H2,1-6H3,(H2,40,47). The fourth-order valence-corrected chi connectivity index (χ4v) is 7.07. The summed E-state index contributed by atoms with van der Waals surface area (Å²) in [5.74, 6) is -0.658. The quantitative estimate of drug-likeness (QED) is 0.106. The minimum Gasteiger partial charge on any atom is -0.435 e. The molecule has 11 nitrogen and oxygen atoms in total. The normalized spacial score (nSPS) is 16.1. The van der Waals surface area contributed by atoms with Crippen LogP contribution in [0.5, 0.6) is 5.75 Å². The van der Waals surface area contributed by atoms with Crippen molar-refractivity contribution in [3.63, 3.8) is 0 Å². The van der Waals surface area contributed by atoms with Gasteiger partial charge in [0.25, 0.3) is 5.91 Å². The zero-order valence-electron chi connectivity index (χ0n) is 30.2. The van der Waals surface area contributed by atoms with Gasteiger partial charge in [-0.2, -0.15) is 13.9 Å². The maximum Gasteiger partial charge on any atom is 0.387 e. The molecule has 51 heavy (non-hydrogen) atoms. The van der Waals surface area contributed by atoms with Crippen molar-refractivity contribution in [2.45, 2.75) is 84.4 Å². The summed E-state index contributed by atoms with van der Waals surface area (Å²) >= 11 is 0. The number of rotatable bonds is 13. The highest BCUT2D eigenvalue weighted by Crippen LogP contribution is 2.37. The van der Waals surface area contributed by atoms with E-state index < -0.39 is 26.0 Å². The predicted octanol–water partition coefficient (Wildman–Crippen LogP) is 6.66. The number of hydrogen-bond donors (Lipinski definition) is 1. The SMILES string of the molecule is CC(C)(C)c1nc2c(nc1-c1nn(CC3CN(Cc4ccccc4)CCO3)c3ccc(OC(F)F)cc13)c(C(N)=O)cn2COCC[Si](C)(C)C. The maximum absolute atomic E-state index is 13.4. The van der Waals surface area contributed by atoms with Gasteiger partial charge in [0.1, 0.15) is 29.4 Å². The van der Waals surface area contributed by atoms with Crippen LogP contribution in [0.1, 0.15) is 42.4 Å². The Morgan fingerprint density at radius 1 is 1.10 bits per heavy atom. The molecule has 1 aliphatic rings. The first kappa shape index (κ1) is 36.5. The summed E-state index contributed by atoms with van der Waals surface area (Å²) in [5, 5.41) is 5.61. The van der Waals surface area contributed by atoms with E-state index in [1.54, 1.807) is 22.9 Å². The lowest BCUT2D eigenvalue weighted by atomic mass is 9.89. The molecule has 0 radical (unpaired) electrons. The Balaban J connectivity index is 1.43. The topological polar surface area (TPSA) is 123 Å². The third-order valence-corrected chi connectivity index (χ3v) is 10.6. The molecule has 272 valence electrons. The molecule has 2 N–H and O–H groups in total. The van der Waals surface area contributed by atoms with Crippen molar-refractivity contribution < 1.29 is 27.8 Å². The van der Waals surface area contributed by atoms with E-state index >= 15 is 0 Å². The number of amides is 1. The Bertz CT molecular complexity index is 2000. The van der Waals surface area contributed by atoms with Crippen LogP contribution in [0.25, 0.3) is 33.5 Å². The highest BCUT2D eigenvalue weighted by atomic mass is 28.3. The molecule has 0 bridgehead atoms.